The first kappa shape index (κ1) is 18.6. The van der Waals surface area contributed by atoms with Crippen molar-refractivity contribution in [2.24, 2.45) is 0 Å². The number of nitrogens with two attached hydrogens (primary N) is 1. The minimum Gasteiger partial charge on any atom is -0.465 e. The molecule has 2 N–H and O–H groups in total. The Morgan fingerprint density at radius 2 is 2.00 bits per heavy atom. The number of anilines is 2. The highest BCUT2D eigenvalue weighted by Crippen LogP contribution is 2.33. The van der Waals surface area contributed by atoms with Crippen LogP contribution in [0.4, 0.5) is 11.5 Å². The molecule has 4 rings (SSSR count). The number of ether oxygens (including phenoxy) is 1. The second-order valence-corrected chi connectivity index (χ2v) is 6.79. The van der Waals surface area contributed by atoms with Crippen molar-refractivity contribution in [2.75, 3.05) is 17.7 Å². The molecule has 3 amide bonds. The Balaban J connectivity index is 1.69. The molecule has 9 heteroatoms. The van der Waals surface area contributed by atoms with Crippen molar-refractivity contribution in [3.63, 3.8) is 0 Å². The molecule has 2 aliphatic rings. The number of aromatic nitrogens is 1. The molecule has 1 unspecified atom stereocenters. The van der Waals surface area contributed by atoms with Crippen LogP contribution in [0.1, 0.15) is 39.1 Å². The number of nitrogens with zero attached hydrogens (tertiary/aromatic N) is 3. The standard InChI is InChI=1S/C20H18N4O5/c1-29-20(28)12-5-3-9-22-17(12)24-16(25)8-7-15(19(24)27)23-10-13-11(18(23)26)4-2-6-14(13)21/h2-6,9,15H,7-8,10,21H2,1H3. The van der Waals surface area contributed by atoms with Crippen molar-refractivity contribution in [1.82, 2.24) is 9.88 Å². The number of hydrogen-bond acceptors (Lipinski definition) is 7. The number of amides is 3. The molecule has 9 nitrogen and oxygen atoms in total. The van der Waals surface area contributed by atoms with Gasteiger partial charge >= 0.3 is 5.97 Å². The number of imide groups is 1. The van der Waals surface area contributed by atoms with Crippen molar-refractivity contribution in [3.05, 3.63) is 53.2 Å². The fourth-order valence-corrected chi connectivity index (χ4v) is 3.75. The van der Waals surface area contributed by atoms with Gasteiger partial charge < -0.3 is 15.4 Å². The summed E-state index contributed by atoms with van der Waals surface area (Å²) in [6.07, 6.45) is 1.60. The van der Waals surface area contributed by atoms with Crippen LogP contribution in [0.15, 0.2) is 36.5 Å². The number of nitrogen functional groups attached to an aromatic ring is 1. The van der Waals surface area contributed by atoms with Crippen LogP contribution in [-0.4, -0.2) is 46.7 Å². The molecule has 1 fully saturated rings. The van der Waals surface area contributed by atoms with E-state index in [1.807, 2.05) is 0 Å². The van der Waals surface area contributed by atoms with Gasteiger partial charge in [-0.15, -0.1) is 0 Å². The van der Waals surface area contributed by atoms with Gasteiger partial charge in [0.25, 0.3) is 11.8 Å². The van der Waals surface area contributed by atoms with E-state index in [4.69, 9.17) is 10.5 Å². The summed E-state index contributed by atoms with van der Waals surface area (Å²) < 4.78 is 4.73. The van der Waals surface area contributed by atoms with Crippen molar-refractivity contribution in [1.29, 1.82) is 0 Å². The molecule has 1 atom stereocenters. The molecule has 0 bridgehead atoms. The van der Waals surface area contributed by atoms with Crippen molar-refractivity contribution >= 4 is 35.2 Å². The van der Waals surface area contributed by atoms with Gasteiger partial charge in [-0.1, -0.05) is 6.07 Å². The Labute approximate surface area is 166 Å². The fourth-order valence-electron chi connectivity index (χ4n) is 3.75. The number of methoxy groups -OCH3 is 1. The molecule has 2 aliphatic heterocycles. The highest BCUT2D eigenvalue weighted by atomic mass is 16.5. The summed E-state index contributed by atoms with van der Waals surface area (Å²) in [5.41, 5.74) is 7.58. The molecule has 0 saturated carbocycles. The van der Waals surface area contributed by atoms with E-state index in [9.17, 15) is 19.2 Å². The molecule has 29 heavy (non-hydrogen) atoms. The zero-order chi connectivity index (χ0) is 20.7. The zero-order valence-electron chi connectivity index (χ0n) is 15.6. The quantitative estimate of drug-likeness (QED) is 0.470. The van der Waals surface area contributed by atoms with E-state index in [-0.39, 0.29) is 36.7 Å². The summed E-state index contributed by atoms with van der Waals surface area (Å²) in [4.78, 5) is 57.1. The van der Waals surface area contributed by atoms with Crippen molar-refractivity contribution in [3.8, 4) is 0 Å². The molecule has 1 aromatic heterocycles. The molecule has 2 aromatic rings. The van der Waals surface area contributed by atoms with Crippen LogP contribution in [0.3, 0.4) is 0 Å². The van der Waals surface area contributed by atoms with Crippen LogP contribution >= 0.6 is 0 Å². The molecule has 0 radical (unpaired) electrons. The normalized spacial score (nSPS) is 18.8. The molecule has 1 aromatic carbocycles. The van der Waals surface area contributed by atoms with Gasteiger partial charge in [-0.2, -0.15) is 0 Å². The second kappa shape index (κ2) is 7.01. The first-order chi connectivity index (χ1) is 13.9. The lowest BCUT2D eigenvalue weighted by Gasteiger charge is -2.35. The van der Waals surface area contributed by atoms with Crippen LogP contribution in [0, 0.1) is 0 Å². The first-order valence-corrected chi connectivity index (χ1v) is 9.02. The van der Waals surface area contributed by atoms with Crippen LogP contribution in [0.25, 0.3) is 0 Å². The van der Waals surface area contributed by atoms with Crippen LogP contribution in [0.5, 0.6) is 0 Å². The largest absolute Gasteiger partial charge is 0.465 e. The number of piperidine rings is 1. The third-order valence-electron chi connectivity index (χ3n) is 5.20. The Bertz CT molecular complexity index is 1050. The zero-order valence-corrected chi connectivity index (χ0v) is 15.6. The molecular weight excluding hydrogens is 376 g/mol. The van der Waals surface area contributed by atoms with E-state index in [1.165, 1.54) is 30.3 Å². The monoisotopic (exact) mass is 394 g/mol. The first-order valence-electron chi connectivity index (χ1n) is 9.02. The highest BCUT2D eigenvalue weighted by Gasteiger charge is 2.44. The third kappa shape index (κ3) is 2.91. The molecular formula is C20H18N4O5. The molecule has 0 spiro atoms. The lowest BCUT2D eigenvalue weighted by atomic mass is 10.0. The Hall–Kier alpha value is -3.75. The number of pyridine rings is 1. The van der Waals surface area contributed by atoms with Gasteiger partial charge in [-0.05, 0) is 30.7 Å². The van der Waals surface area contributed by atoms with Gasteiger partial charge in [0.1, 0.15) is 11.6 Å². The predicted octanol–water partition coefficient (Wildman–Crippen LogP) is 1.13. The smallest absolute Gasteiger partial charge is 0.341 e. The number of fused-ring (bicyclic) bond motifs is 1. The van der Waals surface area contributed by atoms with Gasteiger partial charge in [-0.25, -0.2) is 14.7 Å². The lowest BCUT2D eigenvalue weighted by molar-refractivity contribution is -0.132. The van der Waals surface area contributed by atoms with E-state index in [0.717, 1.165) is 4.90 Å². The lowest BCUT2D eigenvalue weighted by Crippen LogP contribution is -2.55. The van der Waals surface area contributed by atoms with Crippen molar-refractivity contribution in [2.45, 2.75) is 25.4 Å². The number of esters is 1. The minimum absolute atomic E-state index is 0.00220. The fraction of sp³-hybridized carbons (Fsp3) is 0.250. The summed E-state index contributed by atoms with van der Waals surface area (Å²) in [5, 5.41) is 0. The van der Waals surface area contributed by atoms with E-state index >= 15 is 0 Å². The molecule has 3 heterocycles. The highest BCUT2D eigenvalue weighted by molar-refractivity contribution is 6.20. The maximum Gasteiger partial charge on any atom is 0.341 e. The number of hydrogen-bond donors (Lipinski definition) is 1. The Morgan fingerprint density at radius 3 is 2.72 bits per heavy atom. The van der Waals surface area contributed by atoms with Gasteiger partial charge in [0.2, 0.25) is 5.91 Å². The molecule has 1 saturated heterocycles. The van der Waals surface area contributed by atoms with Gasteiger partial charge in [-0.3, -0.25) is 14.4 Å². The average Bonchev–Trinajstić information content (AvgIpc) is 3.06. The number of rotatable bonds is 3. The van der Waals surface area contributed by atoms with E-state index < -0.39 is 23.8 Å². The van der Waals surface area contributed by atoms with Gasteiger partial charge in [0.15, 0.2) is 5.82 Å². The van der Waals surface area contributed by atoms with Crippen LogP contribution < -0.4 is 10.6 Å². The Kier molecular flexibility index (Phi) is 4.50. The van der Waals surface area contributed by atoms with E-state index in [1.54, 1.807) is 18.2 Å². The second-order valence-electron chi connectivity index (χ2n) is 6.79. The third-order valence-corrected chi connectivity index (χ3v) is 5.20. The number of carbonyl (C=O) groups excluding carboxylic acids is 4. The molecule has 148 valence electrons. The van der Waals surface area contributed by atoms with Crippen molar-refractivity contribution < 1.29 is 23.9 Å². The predicted molar refractivity (Wildman–Crippen MR) is 102 cm³/mol. The molecule has 0 aliphatic carbocycles. The summed E-state index contributed by atoms with van der Waals surface area (Å²) in [6.45, 7) is 0.186. The Morgan fingerprint density at radius 1 is 1.21 bits per heavy atom. The average molecular weight is 394 g/mol. The van der Waals surface area contributed by atoms with Crippen LogP contribution in [-0.2, 0) is 20.9 Å². The van der Waals surface area contributed by atoms with E-state index in [2.05, 4.69) is 4.98 Å². The topological polar surface area (TPSA) is 123 Å². The van der Waals surface area contributed by atoms with E-state index in [0.29, 0.717) is 16.8 Å². The SMILES string of the molecule is COC(=O)c1cccnc1N1C(=O)CCC(N2Cc3c(N)cccc3C2=O)C1=O. The van der Waals surface area contributed by atoms with Gasteiger partial charge in [0, 0.05) is 36.0 Å². The minimum atomic E-state index is -0.862. The number of benzene rings is 1. The van der Waals surface area contributed by atoms with Gasteiger partial charge in [0.05, 0.1) is 7.11 Å². The number of carbonyl (C=O) groups is 4. The summed E-state index contributed by atoms with van der Waals surface area (Å²) in [7, 11) is 1.20. The maximum absolute atomic E-state index is 13.3. The van der Waals surface area contributed by atoms with Crippen LogP contribution in [0.2, 0.25) is 0 Å². The summed E-state index contributed by atoms with van der Waals surface area (Å²) in [6, 6.07) is 7.12. The maximum atomic E-state index is 13.3. The summed E-state index contributed by atoms with van der Waals surface area (Å²) in [5.74, 6) is -2.21. The summed E-state index contributed by atoms with van der Waals surface area (Å²) >= 11 is 0.